The predicted molar refractivity (Wildman–Crippen MR) is 178 cm³/mol. The monoisotopic (exact) mass is 617 g/mol. The number of nitrogens with one attached hydrogen (secondary N) is 1. The third-order valence-corrected chi connectivity index (χ3v) is 9.54. The van der Waals surface area contributed by atoms with Crippen LogP contribution in [0.25, 0.3) is 0 Å². The SMILES string of the molecule is Cc1ccc(CN(C(=O)CN(c2ccc(C(C)(C)C)cc2)S(C)(=O)=O)[C@H](Cc2ccccc2)C(=O)NC2CCCCC2)cc1. The highest BCUT2D eigenvalue weighted by atomic mass is 32.2. The molecule has 4 rings (SSSR count). The van der Waals surface area contributed by atoms with Crippen LogP contribution in [0.5, 0.6) is 0 Å². The van der Waals surface area contributed by atoms with E-state index in [0.717, 1.165) is 64.9 Å². The van der Waals surface area contributed by atoms with E-state index in [2.05, 4.69) is 26.1 Å². The zero-order valence-electron chi connectivity index (χ0n) is 26.8. The molecule has 1 saturated carbocycles. The van der Waals surface area contributed by atoms with Gasteiger partial charge in [-0.25, -0.2) is 8.42 Å². The van der Waals surface area contributed by atoms with Crippen LogP contribution in [0.15, 0.2) is 78.9 Å². The number of amides is 2. The lowest BCUT2D eigenvalue weighted by atomic mass is 9.87. The topological polar surface area (TPSA) is 86.8 Å². The zero-order chi connectivity index (χ0) is 31.9. The summed E-state index contributed by atoms with van der Waals surface area (Å²) >= 11 is 0. The van der Waals surface area contributed by atoms with E-state index in [1.807, 2.05) is 73.7 Å². The largest absolute Gasteiger partial charge is 0.352 e. The van der Waals surface area contributed by atoms with E-state index < -0.39 is 28.5 Å². The highest BCUT2D eigenvalue weighted by Crippen LogP contribution is 2.27. The fourth-order valence-electron chi connectivity index (χ4n) is 5.73. The van der Waals surface area contributed by atoms with Gasteiger partial charge in [0.05, 0.1) is 11.9 Å². The number of sulfonamides is 1. The van der Waals surface area contributed by atoms with Crippen molar-refractivity contribution in [1.82, 2.24) is 10.2 Å². The predicted octanol–water partition coefficient (Wildman–Crippen LogP) is 6.15. The van der Waals surface area contributed by atoms with E-state index >= 15 is 0 Å². The maximum atomic E-state index is 14.3. The van der Waals surface area contributed by atoms with Crippen molar-refractivity contribution in [1.29, 1.82) is 0 Å². The molecule has 1 atom stereocenters. The van der Waals surface area contributed by atoms with Gasteiger partial charge in [0.1, 0.15) is 12.6 Å². The fraction of sp³-hybridized carbons (Fsp3) is 0.444. The van der Waals surface area contributed by atoms with Crippen LogP contribution in [-0.2, 0) is 38.0 Å². The Morgan fingerprint density at radius 2 is 1.48 bits per heavy atom. The van der Waals surface area contributed by atoms with Crippen molar-refractivity contribution >= 4 is 27.5 Å². The molecule has 1 fully saturated rings. The molecule has 1 aliphatic carbocycles. The van der Waals surface area contributed by atoms with Gasteiger partial charge in [0.15, 0.2) is 0 Å². The molecule has 1 N–H and O–H groups in total. The summed E-state index contributed by atoms with van der Waals surface area (Å²) < 4.78 is 27.3. The molecular formula is C36H47N3O4S. The number of hydrogen-bond acceptors (Lipinski definition) is 4. The first-order valence-corrected chi connectivity index (χ1v) is 17.4. The average Bonchev–Trinajstić information content (AvgIpc) is 2.98. The minimum atomic E-state index is -3.82. The average molecular weight is 618 g/mol. The number of carbonyl (C=O) groups excluding carboxylic acids is 2. The van der Waals surface area contributed by atoms with Gasteiger partial charge in [-0.05, 0) is 54.0 Å². The lowest BCUT2D eigenvalue weighted by molar-refractivity contribution is -0.140. The van der Waals surface area contributed by atoms with Crippen LogP contribution >= 0.6 is 0 Å². The molecule has 0 bridgehead atoms. The Kier molecular flexibility index (Phi) is 10.9. The quantitative estimate of drug-likeness (QED) is 0.280. The first-order valence-electron chi connectivity index (χ1n) is 15.6. The Balaban J connectivity index is 1.71. The van der Waals surface area contributed by atoms with Crippen LogP contribution in [0.4, 0.5) is 5.69 Å². The molecule has 7 nitrogen and oxygen atoms in total. The molecule has 0 radical (unpaired) electrons. The van der Waals surface area contributed by atoms with Crippen molar-refractivity contribution < 1.29 is 18.0 Å². The molecule has 8 heteroatoms. The van der Waals surface area contributed by atoms with E-state index in [9.17, 15) is 18.0 Å². The van der Waals surface area contributed by atoms with Crippen LogP contribution in [0, 0.1) is 6.92 Å². The molecule has 0 spiro atoms. The summed E-state index contributed by atoms with van der Waals surface area (Å²) in [5, 5.41) is 3.24. The fourth-order valence-corrected chi connectivity index (χ4v) is 6.58. The lowest BCUT2D eigenvalue weighted by Crippen LogP contribution is -2.55. The Morgan fingerprint density at radius 3 is 2.05 bits per heavy atom. The third-order valence-electron chi connectivity index (χ3n) is 8.40. The van der Waals surface area contributed by atoms with Crippen LogP contribution in [0.3, 0.4) is 0 Å². The van der Waals surface area contributed by atoms with Gasteiger partial charge in [0, 0.05) is 19.0 Å². The molecular weight excluding hydrogens is 570 g/mol. The second-order valence-corrected chi connectivity index (χ2v) is 15.0. The maximum Gasteiger partial charge on any atom is 0.244 e. The highest BCUT2D eigenvalue weighted by molar-refractivity contribution is 7.92. The number of anilines is 1. The zero-order valence-corrected chi connectivity index (χ0v) is 27.6. The van der Waals surface area contributed by atoms with Crippen molar-refractivity contribution in [2.24, 2.45) is 0 Å². The van der Waals surface area contributed by atoms with Crippen molar-refractivity contribution in [3.05, 3.63) is 101 Å². The van der Waals surface area contributed by atoms with Crippen molar-refractivity contribution in [2.75, 3.05) is 17.1 Å². The highest BCUT2D eigenvalue weighted by Gasteiger charge is 2.34. The first kappa shape index (κ1) is 33.2. The van der Waals surface area contributed by atoms with Gasteiger partial charge in [-0.2, -0.15) is 0 Å². The van der Waals surface area contributed by atoms with Crippen molar-refractivity contribution in [3.63, 3.8) is 0 Å². The summed E-state index contributed by atoms with van der Waals surface area (Å²) in [5.41, 5.74) is 4.25. The molecule has 0 unspecified atom stereocenters. The number of aryl methyl sites for hydroxylation is 1. The van der Waals surface area contributed by atoms with Gasteiger partial charge >= 0.3 is 0 Å². The second kappa shape index (κ2) is 14.4. The van der Waals surface area contributed by atoms with E-state index in [1.54, 1.807) is 17.0 Å². The standard InChI is InChI=1S/C36H47N3O4S/c1-27-16-18-29(19-17-27)25-38(33(24-28-12-8-6-9-13-28)35(41)37-31-14-10-7-11-15-31)34(40)26-39(44(5,42)43)32-22-20-30(21-23-32)36(2,3)4/h6,8-9,12-13,16-23,31,33H,7,10-11,14-15,24-26H2,1-5H3,(H,37,41)/t33-/m1/s1. The van der Waals surface area contributed by atoms with Gasteiger partial charge in [0.25, 0.3) is 0 Å². The van der Waals surface area contributed by atoms with E-state index in [4.69, 9.17) is 0 Å². The summed E-state index contributed by atoms with van der Waals surface area (Å²) in [6.07, 6.45) is 6.56. The number of benzene rings is 3. The second-order valence-electron chi connectivity index (χ2n) is 13.1. The number of carbonyl (C=O) groups is 2. The van der Waals surface area contributed by atoms with Crippen LogP contribution in [0.2, 0.25) is 0 Å². The summed E-state index contributed by atoms with van der Waals surface area (Å²) in [5.74, 6) is -0.641. The molecule has 3 aromatic carbocycles. The van der Waals surface area contributed by atoms with E-state index in [1.165, 1.54) is 0 Å². The molecule has 0 aliphatic heterocycles. The summed E-state index contributed by atoms with van der Waals surface area (Å²) in [4.78, 5) is 30.0. The Bertz CT molecular complexity index is 1490. The summed E-state index contributed by atoms with van der Waals surface area (Å²) in [6.45, 7) is 8.03. The van der Waals surface area contributed by atoms with Crippen LogP contribution in [0.1, 0.15) is 75.1 Å². The lowest BCUT2D eigenvalue weighted by Gasteiger charge is -2.35. The van der Waals surface area contributed by atoms with Crippen LogP contribution < -0.4 is 9.62 Å². The molecule has 2 amide bonds. The normalized spacial score (nSPS) is 14.9. The maximum absolute atomic E-state index is 14.3. The minimum absolute atomic E-state index is 0.0692. The van der Waals surface area contributed by atoms with Gasteiger partial charge in [0.2, 0.25) is 21.8 Å². The number of hydrogen-bond donors (Lipinski definition) is 1. The summed E-state index contributed by atoms with van der Waals surface area (Å²) in [6, 6.07) is 24.1. The minimum Gasteiger partial charge on any atom is -0.352 e. The summed E-state index contributed by atoms with van der Waals surface area (Å²) in [7, 11) is -3.82. The molecule has 0 heterocycles. The molecule has 3 aromatic rings. The first-order chi connectivity index (χ1) is 20.8. The van der Waals surface area contributed by atoms with Gasteiger partial charge in [-0.3, -0.25) is 13.9 Å². The van der Waals surface area contributed by atoms with E-state index in [-0.39, 0.29) is 23.9 Å². The third kappa shape index (κ3) is 9.18. The molecule has 1 aliphatic rings. The van der Waals surface area contributed by atoms with Gasteiger partial charge in [-0.15, -0.1) is 0 Å². The Hall–Kier alpha value is -3.65. The molecule has 0 aromatic heterocycles. The van der Waals surface area contributed by atoms with E-state index in [0.29, 0.717) is 12.1 Å². The van der Waals surface area contributed by atoms with Crippen LogP contribution in [-0.4, -0.2) is 50.0 Å². The van der Waals surface area contributed by atoms with Gasteiger partial charge in [-0.1, -0.05) is 112 Å². The number of nitrogens with zero attached hydrogens (tertiary/aromatic N) is 2. The van der Waals surface area contributed by atoms with Gasteiger partial charge < -0.3 is 10.2 Å². The Morgan fingerprint density at radius 1 is 0.864 bits per heavy atom. The molecule has 44 heavy (non-hydrogen) atoms. The molecule has 236 valence electrons. The smallest absolute Gasteiger partial charge is 0.244 e. The van der Waals surface area contributed by atoms with Crippen molar-refractivity contribution in [2.45, 2.75) is 90.3 Å². The van der Waals surface area contributed by atoms with Crippen molar-refractivity contribution in [3.8, 4) is 0 Å². The number of rotatable bonds is 11. The Labute approximate surface area is 263 Å². The molecule has 0 saturated heterocycles.